The Balaban J connectivity index is 2.41. The lowest BCUT2D eigenvalue weighted by molar-refractivity contribution is 0.0669. The Morgan fingerprint density at radius 2 is 2.24 bits per heavy atom. The molecule has 0 radical (unpaired) electrons. The molecule has 1 atom stereocenters. The van der Waals surface area contributed by atoms with E-state index in [1.54, 1.807) is 0 Å². The predicted octanol–water partition coefficient (Wildman–Crippen LogP) is 1.93. The third-order valence-corrected chi connectivity index (χ3v) is 3.68. The van der Waals surface area contributed by atoms with Crippen LogP contribution in [0.2, 0.25) is 0 Å². The van der Waals surface area contributed by atoms with Gasteiger partial charge in [-0.25, -0.2) is 0 Å². The van der Waals surface area contributed by atoms with Crippen LogP contribution < -0.4 is 0 Å². The number of nitrogens with one attached hydrogen (secondary N) is 1. The highest BCUT2D eigenvalue weighted by Gasteiger charge is 2.31. The monoisotopic (exact) mass is 234 g/mol. The molecule has 4 heteroatoms. The Morgan fingerprint density at radius 1 is 1.53 bits per heavy atom. The molecule has 1 aromatic heterocycles. The van der Waals surface area contributed by atoms with Gasteiger partial charge in [0.15, 0.2) is 6.29 Å². The Morgan fingerprint density at radius 3 is 2.82 bits per heavy atom. The van der Waals surface area contributed by atoms with E-state index < -0.39 is 0 Å². The van der Waals surface area contributed by atoms with Gasteiger partial charge >= 0.3 is 0 Å². The van der Waals surface area contributed by atoms with Crippen molar-refractivity contribution in [1.82, 2.24) is 9.88 Å². The first-order chi connectivity index (χ1) is 8.10. The lowest BCUT2D eigenvalue weighted by Gasteiger charge is -2.32. The van der Waals surface area contributed by atoms with E-state index >= 15 is 0 Å². The minimum Gasteiger partial charge on any atom is -0.355 e. The fourth-order valence-electron chi connectivity index (χ4n) is 2.39. The normalized spacial score (nSPS) is 16.9. The zero-order valence-corrected chi connectivity index (χ0v) is 10.5. The summed E-state index contributed by atoms with van der Waals surface area (Å²) >= 11 is 0. The van der Waals surface area contributed by atoms with Crippen LogP contribution in [0, 0.1) is 6.92 Å². The van der Waals surface area contributed by atoms with Gasteiger partial charge in [-0.1, -0.05) is 6.92 Å². The lowest BCUT2D eigenvalue weighted by atomic mass is 10.0. The number of nitrogens with zero attached hydrogens (tertiary/aromatic N) is 1. The number of carbonyl (C=O) groups is 2. The minimum atomic E-state index is 0.0578. The second-order valence-electron chi connectivity index (χ2n) is 4.64. The smallest absolute Gasteiger partial charge is 0.256 e. The van der Waals surface area contributed by atoms with Gasteiger partial charge in [-0.05, 0) is 25.8 Å². The Hall–Kier alpha value is -1.58. The summed E-state index contributed by atoms with van der Waals surface area (Å²) in [4.78, 5) is 28.2. The SMILES string of the molecule is CCC(C)N1CCc2[nH]c(C=O)c(C)c2C1=O. The number of aromatic nitrogens is 1. The molecule has 0 fully saturated rings. The van der Waals surface area contributed by atoms with E-state index in [0.29, 0.717) is 11.3 Å². The summed E-state index contributed by atoms with van der Waals surface area (Å²) in [7, 11) is 0. The maximum Gasteiger partial charge on any atom is 0.256 e. The largest absolute Gasteiger partial charge is 0.355 e. The van der Waals surface area contributed by atoms with Crippen molar-refractivity contribution in [3.63, 3.8) is 0 Å². The number of H-pyrrole nitrogens is 1. The highest BCUT2D eigenvalue weighted by atomic mass is 16.2. The molecule has 0 saturated heterocycles. The molecule has 0 bridgehead atoms. The standard InChI is InChI=1S/C13H18N2O2/c1-4-8(2)15-6-5-10-12(13(15)17)9(3)11(7-16)14-10/h7-8,14H,4-6H2,1-3H3. The summed E-state index contributed by atoms with van der Waals surface area (Å²) in [5.41, 5.74) is 2.94. The van der Waals surface area contributed by atoms with Crippen LogP contribution in [0.3, 0.4) is 0 Å². The van der Waals surface area contributed by atoms with Crippen LogP contribution in [0.25, 0.3) is 0 Å². The number of fused-ring (bicyclic) bond motifs is 1. The number of hydrogen-bond donors (Lipinski definition) is 1. The maximum atomic E-state index is 12.4. The van der Waals surface area contributed by atoms with E-state index in [9.17, 15) is 9.59 Å². The van der Waals surface area contributed by atoms with Gasteiger partial charge < -0.3 is 9.88 Å². The average molecular weight is 234 g/mol. The Bertz CT molecular complexity index is 462. The number of hydrogen-bond acceptors (Lipinski definition) is 2. The fourth-order valence-corrected chi connectivity index (χ4v) is 2.39. The number of aromatic amines is 1. The van der Waals surface area contributed by atoms with Crippen LogP contribution in [0.5, 0.6) is 0 Å². The van der Waals surface area contributed by atoms with Crippen LogP contribution in [0.15, 0.2) is 0 Å². The third kappa shape index (κ3) is 1.77. The molecule has 2 heterocycles. The summed E-state index contributed by atoms with van der Waals surface area (Å²) in [6, 6.07) is 0.254. The van der Waals surface area contributed by atoms with Gasteiger partial charge in [0.2, 0.25) is 0 Å². The van der Waals surface area contributed by atoms with Gasteiger partial charge in [-0.3, -0.25) is 9.59 Å². The first kappa shape index (κ1) is 11.9. The van der Waals surface area contributed by atoms with Gasteiger partial charge in [-0.2, -0.15) is 0 Å². The molecular weight excluding hydrogens is 216 g/mol. The van der Waals surface area contributed by atoms with Gasteiger partial charge in [-0.15, -0.1) is 0 Å². The quantitative estimate of drug-likeness (QED) is 0.812. The highest BCUT2D eigenvalue weighted by molar-refractivity contribution is 6.00. The molecule has 0 aliphatic carbocycles. The van der Waals surface area contributed by atoms with Crippen LogP contribution in [0.4, 0.5) is 0 Å². The van der Waals surface area contributed by atoms with Crippen molar-refractivity contribution >= 4 is 12.2 Å². The molecule has 1 unspecified atom stereocenters. The zero-order chi connectivity index (χ0) is 12.6. The summed E-state index contributed by atoms with van der Waals surface area (Å²) < 4.78 is 0. The third-order valence-electron chi connectivity index (χ3n) is 3.68. The molecule has 1 aliphatic rings. The summed E-state index contributed by atoms with van der Waals surface area (Å²) in [5, 5.41) is 0. The van der Waals surface area contributed by atoms with Gasteiger partial charge in [0.1, 0.15) is 0 Å². The van der Waals surface area contributed by atoms with Gasteiger partial charge in [0.25, 0.3) is 5.91 Å². The second-order valence-corrected chi connectivity index (χ2v) is 4.64. The van der Waals surface area contributed by atoms with Crippen molar-refractivity contribution in [1.29, 1.82) is 0 Å². The minimum absolute atomic E-state index is 0.0578. The van der Waals surface area contributed by atoms with E-state index in [-0.39, 0.29) is 11.9 Å². The molecule has 1 aromatic rings. The van der Waals surface area contributed by atoms with Crippen molar-refractivity contribution in [3.05, 3.63) is 22.5 Å². The molecule has 0 spiro atoms. The van der Waals surface area contributed by atoms with E-state index in [0.717, 1.165) is 36.9 Å². The van der Waals surface area contributed by atoms with Gasteiger partial charge in [0.05, 0.1) is 11.3 Å². The molecular formula is C13H18N2O2. The molecule has 2 rings (SSSR count). The number of amides is 1. The molecule has 1 aliphatic heterocycles. The van der Waals surface area contributed by atoms with Crippen molar-refractivity contribution < 1.29 is 9.59 Å². The second kappa shape index (κ2) is 4.35. The molecule has 4 nitrogen and oxygen atoms in total. The Kier molecular flexibility index (Phi) is 3.05. The van der Waals surface area contributed by atoms with E-state index in [1.807, 2.05) is 11.8 Å². The highest BCUT2D eigenvalue weighted by Crippen LogP contribution is 2.25. The van der Waals surface area contributed by atoms with Crippen LogP contribution in [-0.2, 0) is 6.42 Å². The zero-order valence-electron chi connectivity index (χ0n) is 10.5. The van der Waals surface area contributed by atoms with Crippen LogP contribution in [-0.4, -0.2) is 34.7 Å². The topological polar surface area (TPSA) is 53.2 Å². The van der Waals surface area contributed by atoms with Crippen molar-refractivity contribution in [2.24, 2.45) is 0 Å². The summed E-state index contributed by atoms with van der Waals surface area (Å²) in [6.07, 6.45) is 2.54. The van der Waals surface area contributed by atoms with Crippen molar-refractivity contribution in [2.45, 2.75) is 39.7 Å². The molecule has 1 N–H and O–H groups in total. The maximum absolute atomic E-state index is 12.4. The summed E-state index contributed by atoms with van der Waals surface area (Å²) in [5.74, 6) is 0.0578. The lowest BCUT2D eigenvalue weighted by Crippen LogP contribution is -2.43. The molecule has 1 amide bonds. The van der Waals surface area contributed by atoms with E-state index in [4.69, 9.17) is 0 Å². The average Bonchev–Trinajstić information content (AvgIpc) is 2.66. The molecule has 17 heavy (non-hydrogen) atoms. The first-order valence-corrected chi connectivity index (χ1v) is 6.07. The molecule has 92 valence electrons. The molecule has 0 aromatic carbocycles. The molecule has 0 saturated carbocycles. The van der Waals surface area contributed by atoms with Crippen molar-refractivity contribution in [3.8, 4) is 0 Å². The number of carbonyl (C=O) groups excluding carboxylic acids is 2. The first-order valence-electron chi connectivity index (χ1n) is 6.07. The van der Waals surface area contributed by atoms with E-state index in [1.165, 1.54) is 0 Å². The van der Waals surface area contributed by atoms with Crippen molar-refractivity contribution in [2.75, 3.05) is 6.54 Å². The Labute approximate surface area is 101 Å². The van der Waals surface area contributed by atoms with E-state index in [2.05, 4.69) is 18.8 Å². The van der Waals surface area contributed by atoms with Crippen LogP contribution >= 0.6 is 0 Å². The number of aldehydes is 1. The number of rotatable bonds is 3. The summed E-state index contributed by atoms with van der Waals surface area (Å²) in [6.45, 7) is 6.70. The van der Waals surface area contributed by atoms with Crippen LogP contribution in [0.1, 0.15) is 52.4 Å². The van der Waals surface area contributed by atoms with Gasteiger partial charge in [0, 0.05) is 24.7 Å². The fraction of sp³-hybridized carbons (Fsp3) is 0.538. The predicted molar refractivity (Wildman–Crippen MR) is 65.4 cm³/mol.